The molecule has 136 valence electrons. The standard InChI is InChI=1S/C18H36O4Si/c1-6-15-23(20-4,21-5)16-13-11-9-8-10-12-14-17(3)22-18(19)7-2/h7,17H,2,6,8-16H2,1,3-5H3. The zero-order chi connectivity index (χ0) is 17.6. The maximum absolute atomic E-state index is 11.0. The second-order valence-corrected chi connectivity index (χ2v) is 9.82. The molecule has 1 atom stereocenters. The van der Waals surface area contributed by atoms with E-state index in [0.29, 0.717) is 0 Å². The lowest BCUT2D eigenvalue weighted by atomic mass is 10.1. The highest BCUT2D eigenvalue weighted by molar-refractivity contribution is 6.67. The van der Waals surface area contributed by atoms with Crippen molar-refractivity contribution >= 4 is 14.5 Å². The molecule has 0 saturated carbocycles. The van der Waals surface area contributed by atoms with Crippen molar-refractivity contribution in [3.05, 3.63) is 12.7 Å². The first-order chi connectivity index (χ1) is 11.0. The first-order valence-corrected chi connectivity index (χ1v) is 11.2. The Morgan fingerprint density at radius 3 is 2.13 bits per heavy atom. The molecule has 0 bridgehead atoms. The van der Waals surface area contributed by atoms with Crippen LogP contribution in [0.1, 0.15) is 65.2 Å². The SMILES string of the molecule is C=CC(=O)OC(C)CCCCCCCC[Si](CCC)(OC)OC. The molecule has 23 heavy (non-hydrogen) atoms. The van der Waals surface area contributed by atoms with Crippen molar-refractivity contribution in [3.63, 3.8) is 0 Å². The molecule has 0 aromatic heterocycles. The van der Waals surface area contributed by atoms with E-state index in [9.17, 15) is 4.79 Å². The molecule has 0 aromatic carbocycles. The van der Waals surface area contributed by atoms with Crippen LogP contribution in [0.2, 0.25) is 12.1 Å². The minimum absolute atomic E-state index is 0.00966. The van der Waals surface area contributed by atoms with Gasteiger partial charge in [-0.15, -0.1) is 0 Å². The lowest BCUT2D eigenvalue weighted by Crippen LogP contribution is -2.39. The highest BCUT2D eigenvalue weighted by Crippen LogP contribution is 2.23. The third-order valence-electron chi connectivity index (χ3n) is 4.28. The molecule has 0 saturated heterocycles. The number of rotatable bonds is 15. The van der Waals surface area contributed by atoms with Gasteiger partial charge < -0.3 is 13.6 Å². The summed E-state index contributed by atoms with van der Waals surface area (Å²) in [5, 5.41) is 0. The monoisotopic (exact) mass is 344 g/mol. The Hall–Kier alpha value is -0.653. The Morgan fingerprint density at radius 1 is 1.04 bits per heavy atom. The van der Waals surface area contributed by atoms with E-state index in [4.69, 9.17) is 13.6 Å². The molecule has 0 fully saturated rings. The predicted octanol–water partition coefficient (Wildman–Crippen LogP) is 4.98. The van der Waals surface area contributed by atoms with Gasteiger partial charge in [-0.1, -0.05) is 52.0 Å². The molecule has 1 unspecified atom stereocenters. The molecule has 0 N–H and O–H groups in total. The molecular weight excluding hydrogens is 308 g/mol. The van der Waals surface area contributed by atoms with Gasteiger partial charge in [0.1, 0.15) is 0 Å². The Kier molecular flexibility index (Phi) is 13.4. The smallest absolute Gasteiger partial charge is 0.337 e. The molecule has 0 amide bonds. The Balaban J connectivity index is 3.62. The van der Waals surface area contributed by atoms with Crippen LogP contribution in [0.5, 0.6) is 0 Å². The van der Waals surface area contributed by atoms with Gasteiger partial charge in [0.25, 0.3) is 0 Å². The van der Waals surface area contributed by atoms with E-state index in [1.54, 1.807) is 14.2 Å². The number of carbonyl (C=O) groups excluding carboxylic acids is 1. The maximum atomic E-state index is 11.0. The van der Waals surface area contributed by atoms with Gasteiger partial charge in [0, 0.05) is 20.3 Å². The van der Waals surface area contributed by atoms with Crippen molar-refractivity contribution in [1.29, 1.82) is 0 Å². The zero-order valence-corrected chi connectivity index (χ0v) is 16.6. The van der Waals surface area contributed by atoms with Crippen LogP contribution in [0.3, 0.4) is 0 Å². The van der Waals surface area contributed by atoms with Gasteiger partial charge in [-0.2, -0.15) is 0 Å². The van der Waals surface area contributed by atoms with E-state index >= 15 is 0 Å². The minimum atomic E-state index is -1.91. The van der Waals surface area contributed by atoms with Crippen molar-refractivity contribution in [1.82, 2.24) is 0 Å². The molecule has 5 heteroatoms. The summed E-state index contributed by atoms with van der Waals surface area (Å²) in [6.07, 6.45) is 10.5. The molecule has 0 aromatic rings. The summed E-state index contributed by atoms with van der Waals surface area (Å²) in [4.78, 5) is 11.0. The molecule has 0 spiro atoms. The second-order valence-electron chi connectivity index (χ2n) is 6.18. The third kappa shape index (κ3) is 10.7. The first kappa shape index (κ1) is 22.3. The van der Waals surface area contributed by atoms with Gasteiger partial charge in [0.15, 0.2) is 0 Å². The molecule has 0 aliphatic rings. The summed E-state index contributed by atoms with van der Waals surface area (Å²) in [5.41, 5.74) is 0. The lowest BCUT2D eigenvalue weighted by Gasteiger charge is -2.27. The quantitative estimate of drug-likeness (QED) is 0.182. The summed E-state index contributed by atoms with van der Waals surface area (Å²) in [6.45, 7) is 7.53. The molecular formula is C18H36O4Si. The Labute approximate surface area is 143 Å². The fourth-order valence-electron chi connectivity index (χ4n) is 2.84. The van der Waals surface area contributed by atoms with Crippen molar-refractivity contribution in [2.75, 3.05) is 14.2 Å². The van der Waals surface area contributed by atoms with Crippen LogP contribution in [0.15, 0.2) is 12.7 Å². The van der Waals surface area contributed by atoms with Crippen LogP contribution in [0.25, 0.3) is 0 Å². The van der Waals surface area contributed by atoms with Crippen LogP contribution in [0.4, 0.5) is 0 Å². The van der Waals surface area contributed by atoms with Gasteiger partial charge in [0.2, 0.25) is 0 Å². The lowest BCUT2D eigenvalue weighted by molar-refractivity contribution is -0.142. The highest BCUT2D eigenvalue weighted by atomic mass is 28.4. The topological polar surface area (TPSA) is 44.8 Å². The van der Waals surface area contributed by atoms with E-state index in [2.05, 4.69) is 13.5 Å². The zero-order valence-electron chi connectivity index (χ0n) is 15.6. The van der Waals surface area contributed by atoms with Gasteiger partial charge in [0.05, 0.1) is 6.10 Å². The van der Waals surface area contributed by atoms with Crippen molar-refractivity contribution in [3.8, 4) is 0 Å². The number of hydrogen-bond donors (Lipinski definition) is 0. The van der Waals surface area contributed by atoms with Crippen molar-refractivity contribution in [2.45, 2.75) is 83.4 Å². The maximum Gasteiger partial charge on any atom is 0.337 e. The number of esters is 1. The normalized spacial score (nSPS) is 12.9. The predicted molar refractivity (Wildman–Crippen MR) is 97.7 cm³/mol. The average molecular weight is 345 g/mol. The fraction of sp³-hybridized carbons (Fsp3) is 0.833. The number of unbranched alkanes of at least 4 members (excludes halogenated alkanes) is 5. The van der Waals surface area contributed by atoms with E-state index in [1.807, 2.05) is 6.92 Å². The van der Waals surface area contributed by atoms with Crippen molar-refractivity contribution in [2.24, 2.45) is 0 Å². The van der Waals surface area contributed by atoms with Crippen LogP contribution >= 0.6 is 0 Å². The van der Waals surface area contributed by atoms with E-state index in [1.165, 1.54) is 38.2 Å². The molecule has 4 nitrogen and oxygen atoms in total. The summed E-state index contributed by atoms with van der Waals surface area (Å²) in [5.74, 6) is -0.325. The first-order valence-electron chi connectivity index (χ1n) is 8.97. The number of ether oxygens (including phenoxy) is 1. The molecule has 0 rings (SSSR count). The number of hydrogen-bond acceptors (Lipinski definition) is 4. The fourth-order valence-corrected chi connectivity index (χ4v) is 5.62. The molecule has 0 aliphatic carbocycles. The largest absolute Gasteiger partial charge is 0.460 e. The minimum Gasteiger partial charge on any atom is -0.460 e. The van der Waals surface area contributed by atoms with Crippen molar-refractivity contribution < 1.29 is 18.4 Å². The summed E-state index contributed by atoms with van der Waals surface area (Å²) < 4.78 is 16.6. The van der Waals surface area contributed by atoms with Gasteiger partial charge in [-0.3, -0.25) is 0 Å². The average Bonchev–Trinajstić information content (AvgIpc) is 2.56. The summed E-state index contributed by atoms with van der Waals surface area (Å²) in [6, 6.07) is 2.18. The van der Waals surface area contributed by atoms with Gasteiger partial charge in [-0.25, -0.2) is 4.79 Å². The molecule has 0 heterocycles. The third-order valence-corrected chi connectivity index (χ3v) is 8.14. The molecule has 0 radical (unpaired) electrons. The molecule has 0 aliphatic heterocycles. The Morgan fingerprint density at radius 2 is 1.61 bits per heavy atom. The van der Waals surface area contributed by atoms with Gasteiger partial charge >= 0.3 is 14.5 Å². The Bertz CT molecular complexity index is 316. The van der Waals surface area contributed by atoms with Crippen LogP contribution in [-0.4, -0.2) is 34.9 Å². The summed E-state index contributed by atoms with van der Waals surface area (Å²) in [7, 11) is 1.69. The number of carbonyl (C=O) groups is 1. The second kappa shape index (κ2) is 13.8. The van der Waals surface area contributed by atoms with Crippen LogP contribution < -0.4 is 0 Å². The van der Waals surface area contributed by atoms with E-state index < -0.39 is 8.56 Å². The summed E-state index contributed by atoms with van der Waals surface area (Å²) >= 11 is 0. The van der Waals surface area contributed by atoms with Gasteiger partial charge in [-0.05, 0) is 31.9 Å². The van der Waals surface area contributed by atoms with E-state index in [-0.39, 0.29) is 12.1 Å². The van der Waals surface area contributed by atoms with E-state index in [0.717, 1.165) is 31.4 Å². The van der Waals surface area contributed by atoms with Crippen LogP contribution in [-0.2, 0) is 18.4 Å². The highest BCUT2D eigenvalue weighted by Gasteiger charge is 2.33. The van der Waals surface area contributed by atoms with Crippen LogP contribution in [0, 0.1) is 0 Å².